The molecule has 4 aromatic carbocycles. The Kier molecular flexibility index (Phi) is 14.9. The van der Waals surface area contributed by atoms with E-state index in [2.05, 4.69) is 39.8 Å². The average Bonchev–Trinajstić information content (AvgIpc) is 3.16. The Labute approximate surface area is 186 Å². The van der Waals surface area contributed by atoms with Gasteiger partial charge >= 0.3 is 21.7 Å². The molecule has 0 radical (unpaired) electrons. The van der Waals surface area contributed by atoms with Gasteiger partial charge in [-0.05, 0) is 0 Å². The van der Waals surface area contributed by atoms with Crippen LogP contribution in [0.1, 0.15) is 22.3 Å². The van der Waals surface area contributed by atoms with Crippen molar-refractivity contribution in [1.29, 1.82) is 0 Å². The summed E-state index contributed by atoms with van der Waals surface area (Å²) in [6.45, 7) is 13.2. The Morgan fingerprint density at radius 2 is 0.714 bits per heavy atom. The van der Waals surface area contributed by atoms with Crippen LogP contribution in [-0.4, -0.2) is 0 Å². The Morgan fingerprint density at radius 1 is 0.464 bits per heavy atom. The zero-order chi connectivity index (χ0) is 19.7. The second-order valence-corrected chi connectivity index (χ2v) is 5.92. The summed E-state index contributed by atoms with van der Waals surface area (Å²) < 4.78 is 0. The number of benzene rings is 3. The van der Waals surface area contributed by atoms with Gasteiger partial charge in [0.2, 0.25) is 0 Å². The van der Waals surface area contributed by atoms with Crippen molar-refractivity contribution in [2.75, 3.05) is 0 Å². The smallest absolute Gasteiger partial charge is 0.213 e. The molecular weight excluding hydrogens is 372 g/mol. The molecule has 0 atom stereocenters. The van der Waals surface area contributed by atoms with Crippen molar-refractivity contribution >= 4 is 0 Å². The van der Waals surface area contributed by atoms with Gasteiger partial charge < -0.3 is 0 Å². The monoisotopic (exact) mass is 400 g/mol. The fourth-order valence-corrected chi connectivity index (χ4v) is 1.90. The summed E-state index contributed by atoms with van der Waals surface area (Å²) in [6.07, 6.45) is 0. The van der Waals surface area contributed by atoms with E-state index in [-0.39, 0.29) is 21.7 Å². The summed E-state index contributed by atoms with van der Waals surface area (Å²) in [4.78, 5) is 0. The van der Waals surface area contributed by atoms with Crippen molar-refractivity contribution in [3.63, 3.8) is 0 Å². The zero-order valence-electron chi connectivity index (χ0n) is 16.6. The largest absolute Gasteiger partial charge is 4.00 e. The SMILES string of the molecule is C[c-]1cccc1.[CH2-]c1ccccc1.[CH2-]c1ccccc1.[CH2-]c1ccccc1.[Ti+4]. The zero-order valence-corrected chi connectivity index (χ0v) is 18.2. The van der Waals surface area contributed by atoms with E-state index in [0.717, 1.165) is 16.7 Å². The first-order valence-corrected chi connectivity index (χ1v) is 8.87. The molecule has 0 spiro atoms. The van der Waals surface area contributed by atoms with E-state index in [9.17, 15) is 0 Å². The maximum Gasteiger partial charge on any atom is 4.00 e. The minimum atomic E-state index is 0. The van der Waals surface area contributed by atoms with Gasteiger partial charge in [0, 0.05) is 0 Å². The van der Waals surface area contributed by atoms with Crippen molar-refractivity contribution < 1.29 is 21.7 Å². The molecular formula is C27H28Ti. The van der Waals surface area contributed by atoms with Crippen LogP contribution in [-0.2, 0) is 21.7 Å². The molecule has 140 valence electrons. The molecule has 0 heterocycles. The van der Waals surface area contributed by atoms with Gasteiger partial charge in [-0.15, -0.1) is 36.4 Å². The van der Waals surface area contributed by atoms with Crippen LogP contribution in [0.4, 0.5) is 0 Å². The van der Waals surface area contributed by atoms with Gasteiger partial charge in [0.25, 0.3) is 0 Å². The van der Waals surface area contributed by atoms with Gasteiger partial charge in [0.05, 0.1) is 0 Å². The Balaban J connectivity index is 0.000000344. The first kappa shape index (κ1) is 25.3. The molecule has 0 aliphatic rings. The molecule has 0 saturated carbocycles. The number of aryl methyl sites for hydroxylation is 1. The molecule has 0 nitrogen and oxygen atoms in total. The summed E-state index contributed by atoms with van der Waals surface area (Å²) in [5, 5.41) is 0. The first-order chi connectivity index (χ1) is 13.1. The predicted molar refractivity (Wildman–Crippen MR) is 119 cm³/mol. The normalized spacial score (nSPS) is 8.32. The molecule has 0 amide bonds. The molecule has 0 bridgehead atoms. The van der Waals surface area contributed by atoms with Crippen LogP contribution in [0.2, 0.25) is 0 Å². The van der Waals surface area contributed by atoms with Gasteiger partial charge in [0.1, 0.15) is 0 Å². The van der Waals surface area contributed by atoms with E-state index in [4.69, 9.17) is 0 Å². The van der Waals surface area contributed by atoms with Crippen molar-refractivity contribution in [2.24, 2.45) is 0 Å². The molecule has 0 aliphatic heterocycles. The van der Waals surface area contributed by atoms with Crippen LogP contribution >= 0.6 is 0 Å². The summed E-state index contributed by atoms with van der Waals surface area (Å²) >= 11 is 0. The van der Waals surface area contributed by atoms with Crippen molar-refractivity contribution in [3.8, 4) is 0 Å². The molecule has 0 fully saturated rings. The summed E-state index contributed by atoms with van der Waals surface area (Å²) in [5.41, 5.74) is 4.56. The average molecular weight is 400 g/mol. The van der Waals surface area contributed by atoms with Crippen LogP contribution in [0.3, 0.4) is 0 Å². The van der Waals surface area contributed by atoms with Crippen molar-refractivity contribution in [2.45, 2.75) is 6.92 Å². The summed E-state index contributed by atoms with van der Waals surface area (Å²) in [5.74, 6) is 0. The topological polar surface area (TPSA) is 0 Å². The molecule has 0 N–H and O–H groups in total. The van der Waals surface area contributed by atoms with Gasteiger partial charge in [0.15, 0.2) is 0 Å². The molecule has 4 rings (SSSR count). The third kappa shape index (κ3) is 14.5. The fraction of sp³-hybridized carbons (Fsp3) is 0.0370. The standard InChI is InChI=1S/3C7H7.C6H7.Ti/c3*1-7-5-3-2-4-6-7;1-6-4-2-3-5-6;/h3*2-6H,1H2;2-5H,1H3;/q4*-1;+4. The maximum atomic E-state index is 3.72. The molecule has 4 aromatic rings. The van der Waals surface area contributed by atoms with Gasteiger partial charge in [-0.25, -0.2) is 12.1 Å². The van der Waals surface area contributed by atoms with Crippen LogP contribution < -0.4 is 0 Å². The van der Waals surface area contributed by atoms with Crippen LogP contribution in [0.5, 0.6) is 0 Å². The predicted octanol–water partition coefficient (Wildman–Crippen LogP) is 7.32. The van der Waals surface area contributed by atoms with Gasteiger partial charge in [-0.2, -0.15) is 91.6 Å². The van der Waals surface area contributed by atoms with Gasteiger partial charge in [-0.1, -0.05) is 25.1 Å². The first-order valence-electron chi connectivity index (χ1n) is 8.87. The summed E-state index contributed by atoms with van der Waals surface area (Å²) in [7, 11) is 0. The van der Waals surface area contributed by atoms with Gasteiger partial charge in [-0.3, -0.25) is 0 Å². The van der Waals surface area contributed by atoms with Crippen LogP contribution in [0.25, 0.3) is 0 Å². The minimum Gasteiger partial charge on any atom is -0.213 e. The van der Waals surface area contributed by atoms with E-state index >= 15 is 0 Å². The summed E-state index contributed by atoms with van der Waals surface area (Å²) in [6, 6.07) is 37.9. The van der Waals surface area contributed by atoms with E-state index in [1.165, 1.54) is 5.56 Å². The van der Waals surface area contributed by atoms with Crippen molar-refractivity contribution in [1.82, 2.24) is 0 Å². The maximum absolute atomic E-state index is 3.72. The molecule has 0 unspecified atom stereocenters. The van der Waals surface area contributed by atoms with Crippen LogP contribution in [0.15, 0.2) is 115 Å². The van der Waals surface area contributed by atoms with Crippen molar-refractivity contribution in [3.05, 3.63) is 158 Å². The van der Waals surface area contributed by atoms with E-state index in [0.29, 0.717) is 0 Å². The Morgan fingerprint density at radius 3 is 0.821 bits per heavy atom. The van der Waals surface area contributed by atoms with E-state index in [1.807, 2.05) is 103 Å². The quantitative estimate of drug-likeness (QED) is 0.214. The van der Waals surface area contributed by atoms with E-state index in [1.54, 1.807) is 0 Å². The van der Waals surface area contributed by atoms with E-state index < -0.39 is 0 Å². The molecule has 0 aromatic heterocycles. The molecule has 0 aliphatic carbocycles. The number of hydrogen-bond acceptors (Lipinski definition) is 0. The third-order valence-corrected chi connectivity index (χ3v) is 3.36. The molecule has 28 heavy (non-hydrogen) atoms. The second kappa shape index (κ2) is 16.5. The molecule has 0 saturated heterocycles. The number of rotatable bonds is 0. The number of hydrogen-bond donors (Lipinski definition) is 0. The molecule has 1 heteroatoms. The third-order valence-electron chi connectivity index (χ3n) is 3.36. The second-order valence-electron chi connectivity index (χ2n) is 5.92. The Hall–Kier alpha value is -2.67. The fourth-order valence-electron chi connectivity index (χ4n) is 1.90. The Bertz CT molecular complexity index is 700. The van der Waals surface area contributed by atoms with Crippen LogP contribution in [0, 0.1) is 27.7 Å². The minimum absolute atomic E-state index is 0.